The van der Waals surface area contributed by atoms with Crippen LogP contribution in [0.5, 0.6) is 0 Å². The van der Waals surface area contributed by atoms with Crippen LogP contribution in [-0.4, -0.2) is 23.1 Å². The predicted molar refractivity (Wildman–Crippen MR) is 83.0 cm³/mol. The Kier molecular flexibility index (Phi) is 3.71. The lowest BCUT2D eigenvalue weighted by atomic mass is 10.0. The Hall–Kier alpha value is -2.20. The minimum atomic E-state index is -0.619. The van der Waals surface area contributed by atoms with Crippen LogP contribution in [0.4, 0.5) is 0 Å². The molecule has 0 N–H and O–H groups in total. The zero-order valence-electron chi connectivity index (χ0n) is 13.2. The molecule has 0 aliphatic carbocycles. The molecule has 0 radical (unpaired) electrons. The van der Waals surface area contributed by atoms with Gasteiger partial charge in [0.15, 0.2) is 12.4 Å². The van der Waals surface area contributed by atoms with E-state index in [2.05, 4.69) is 0 Å². The average Bonchev–Trinajstić information content (AvgIpc) is 2.83. The van der Waals surface area contributed by atoms with Gasteiger partial charge in [-0.05, 0) is 25.5 Å². The number of rotatable bonds is 2. The van der Waals surface area contributed by atoms with E-state index >= 15 is 0 Å². The van der Waals surface area contributed by atoms with Gasteiger partial charge in [-0.25, -0.2) is 4.57 Å². The van der Waals surface area contributed by atoms with Crippen molar-refractivity contribution in [2.24, 2.45) is 7.05 Å². The molecular weight excluding hydrogens is 276 g/mol. The Balaban J connectivity index is 1.99. The molecule has 1 unspecified atom stereocenters. The van der Waals surface area contributed by atoms with Crippen LogP contribution in [0, 0.1) is 0 Å². The second kappa shape index (κ2) is 5.54. The quantitative estimate of drug-likeness (QED) is 0.798. The zero-order valence-corrected chi connectivity index (χ0v) is 13.2. The fourth-order valence-corrected chi connectivity index (χ4v) is 2.96. The van der Waals surface area contributed by atoms with Crippen LogP contribution in [-0.2, 0) is 11.8 Å². The maximum atomic E-state index is 13.0. The van der Waals surface area contributed by atoms with Gasteiger partial charge in [-0.2, -0.15) is 0 Å². The van der Waals surface area contributed by atoms with Gasteiger partial charge in [0.2, 0.25) is 0 Å². The molecule has 1 saturated heterocycles. The molecule has 1 atom stereocenters. The standard InChI is InChI=1S/C18H21N2O2/c1-18(2)20(17(21)15-10-7-11-19(3)12-15)16(13-22-18)14-8-5-4-6-9-14/h4-12,16H,13H2,1-3H3/q+1. The van der Waals surface area contributed by atoms with Crippen molar-refractivity contribution < 1.29 is 14.1 Å². The topological polar surface area (TPSA) is 33.4 Å². The maximum Gasteiger partial charge on any atom is 0.262 e. The molecule has 0 saturated carbocycles. The summed E-state index contributed by atoms with van der Waals surface area (Å²) in [5.74, 6) is -0.00690. The minimum absolute atomic E-state index is 0.00690. The summed E-state index contributed by atoms with van der Waals surface area (Å²) < 4.78 is 7.77. The van der Waals surface area contributed by atoms with Crippen LogP contribution < -0.4 is 4.57 Å². The highest BCUT2D eigenvalue weighted by Gasteiger charge is 2.44. The molecule has 4 heteroatoms. The predicted octanol–water partition coefficient (Wildman–Crippen LogP) is 2.46. The molecule has 2 heterocycles. The lowest BCUT2D eigenvalue weighted by Crippen LogP contribution is -2.45. The number of aromatic nitrogens is 1. The Bertz CT molecular complexity index is 682. The largest absolute Gasteiger partial charge is 0.354 e. The second-order valence-corrected chi connectivity index (χ2v) is 6.12. The molecule has 1 aromatic heterocycles. The van der Waals surface area contributed by atoms with Gasteiger partial charge in [-0.1, -0.05) is 30.3 Å². The highest BCUT2D eigenvalue weighted by molar-refractivity contribution is 5.94. The number of pyridine rings is 1. The Morgan fingerprint density at radius 1 is 1.23 bits per heavy atom. The SMILES string of the molecule is C[n+]1cccc(C(=O)N2C(c3ccccc3)COC2(C)C)c1. The van der Waals surface area contributed by atoms with Gasteiger partial charge in [-0.15, -0.1) is 0 Å². The molecule has 1 aromatic carbocycles. The van der Waals surface area contributed by atoms with Gasteiger partial charge >= 0.3 is 0 Å². The Morgan fingerprint density at radius 3 is 2.64 bits per heavy atom. The molecule has 22 heavy (non-hydrogen) atoms. The summed E-state index contributed by atoms with van der Waals surface area (Å²) in [5.41, 5.74) is 1.15. The van der Waals surface area contributed by atoms with Crippen LogP contribution in [0.15, 0.2) is 54.9 Å². The Morgan fingerprint density at radius 2 is 1.95 bits per heavy atom. The van der Waals surface area contributed by atoms with Gasteiger partial charge in [-0.3, -0.25) is 4.79 Å². The van der Waals surface area contributed by atoms with Crippen molar-refractivity contribution in [3.05, 3.63) is 66.0 Å². The van der Waals surface area contributed by atoms with E-state index in [0.29, 0.717) is 12.2 Å². The molecule has 2 aromatic rings. The molecule has 0 spiro atoms. The maximum absolute atomic E-state index is 13.0. The summed E-state index contributed by atoms with van der Waals surface area (Å²) in [5, 5.41) is 0. The van der Waals surface area contributed by atoms with Gasteiger partial charge in [0.05, 0.1) is 12.6 Å². The molecule has 114 valence electrons. The Labute approximate surface area is 131 Å². The number of aryl methyl sites for hydroxylation is 1. The fraction of sp³-hybridized carbons (Fsp3) is 0.333. The molecule has 0 bridgehead atoms. The zero-order chi connectivity index (χ0) is 15.7. The number of hydrogen-bond acceptors (Lipinski definition) is 2. The number of carbonyl (C=O) groups is 1. The number of ether oxygens (including phenoxy) is 1. The molecule has 1 aliphatic heterocycles. The molecule has 1 amide bonds. The van der Waals surface area contributed by atoms with E-state index in [1.807, 2.05) is 85.2 Å². The van der Waals surface area contributed by atoms with Crippen LogP contribution in [0.1, 0.15) is 35.8 Å². The van der Waals surface area contributed by atoms with Crippen LogP contribution >= 0.6 is 0 Å². The number of carbonyl (C=O) groups excluding carboxylic acids is 1. The van der Waals surface area contributed by atoms with Gasteiger partial charge in [0.1, 0.15) is 18.3 Å². The van der Waals surface area contributed by atoms with Gasteiger partial charge in [0.25, 0.3) is 5.91 Å². The molecule has 4 nitrogen and oxygen atoms in total. The smallest absolute Gasteiger partial charge is 0.262 e. The summed E-state index contributed by atoms with van der Waals surface area (Å²) >= 11 is 0. The number of amides is 1. The van der Waals surface area contributed by atoms with E-state index in [1.54, 1.807) is 0 Å². The molecule has 1 fully saturated rings. The van der Waals surface area contributed by atoms with Crippen LogP contribution in [0.3, 0.4) is 0 Å². The highest BCUT2D eigenvalue weighted by atomic mass is 16.5. The fourth-order valence-electron chi connectivity index (χ4n) is 2.96. The average molecular weight is 297 g/mol. The summed E-state index contributed by atoms with van der Waals surface area (Å²) in [6, 6.07) is 13.7. The van der Waals surface area contributed by atoms with Crippen molar-refractivity contribution in [3.63, 3.8) is 0 Å². The monoisotopic (exact) mass is 297 g/mol. The van der Waals surface area contributed by atoms with Crippen LogP contribution in [0.2, 0.25) is 0 Å². The van der Waals surface area contributed by atoms with Crippen molar-refractivity contribution in [3.8, 4) is 0 Å². The van der Waals surface area contributed by atoms with Crippen molar-refractivity contribution in [1.29, 1.82) is 0 Å². The summed E-state index contributed by atoms with van der Waals surface area (Å²) in [6.45, 7) is 4.40. The summed E-state index contributed by atoms with van der Waals surface area (Å²) in [7, 11) is 1.91. The minimum Gasteiger partial charge on any atom is -0.354 e. The number of benzene rings is 1. The van der Waals surface area contributed by atoms with E-state index < -0.39 is 5.72 Å². The van der Waals surface area contributed by atoms with E-state index in [1.165, 1.54) is 0 Å². The first-order valence-corrected chi connectivity index (χ1v) is 7.47. The third-order valence-corrected chi connectivity index (χ3v) is 4.08. The number of nitrogens with zero attached hydrogens (tertiary/aromatic N) is 2. The summed E-state index contributed by atoms with van der Waals surface area (Å²) in [6.07, 6.45) is 3.76. The first-order valence-electron chi connectivity index (χ1n) is 7.47. The van der Waals surface area contributed by atoms with Crippen molar-refractivity contribution in [2.45, 2.75) is 25.6 Å². The first kappa shape index (κ1) is 14.7. The molecule has 3 rings (SSSR count). The molecule has 1 aliphatic rings. The first-order chi connectivity index (χ1) is 10.5. The lowest BCUT2D eigenvalue weighted by molar-refractivity contribution is -0.671. The lowest BCUT2D eigenvalue weighted by Gasteiger charge is -2.33. The third-order valence-electron chi connectivity index (χ3n) is 4.08. The summed E-state index contributed by atoms with van der Waals surface area (Å²) in [4.78, 5) is 14.9. The van der Waals surface area contributed by atoms with Gasteiger partial charge < -0.3 is 9.64 Å². The normalized spacial score (nSPS) is 20.1. The van der Waals surface area contributed by atoms with E-state index in [9.17, 15) is 4.79 Å². The van der Waals surface area contributed by atoms with Crippen molar-refractivity contribution >= 4 is 5.91 Å². The van der Waals surface area contributed by atoms with Crippen molar-refractivity contribution in [2.75, 3.05) is 6.61 Å². The highest BCUT2D eigenvalue weighted by Crippen LogP contribution is 2.37. The number of hydrogen-bond donors (Lipinski definition) is 0. The third kappa shape index (κ3) is 2.62. The van der Waals surface area contributed by atoms with Crippen LogP contribution in [0.25, 0.3) is 0 Å². The molecular formula is C18H21N2O2+. The van der Waals surface area contributed by atoms with E-state index in [0.717, 1.165) is 5.56 Å². The van der Waals surface area contributed by atoms with Crippen molar-refractivity contribution in [1.82, 2.24) is 4.90 Å². The van der Waals surface area contributed by atoms with E-state index in [-0.39, 0.29) is 11.9 Å². The van der Waals surface area contributed by atoms with Gasteiger partial charge in [0, 0.05) is 6.07 Å². The second-order valence-electron chi connectivity index (χ2n) is 6.12. The van der Waals surface area contributed by atoms with E-state index in [4.69, 9.17) is 4.74 Å².